The van der Waals surface area contributed by atoms with Gasteiger partial charge in [-0.1, -0.05) is 39.0 Å². The second-order valence-electron chi connectivity index (χ2n) is 6.83. The molecule has 0 unspecified atom stereocenters. The van der Waals surface area contributed by atoms with Gasteiger partial charge in [-0.05, 0) is 48.1 Å². The fourth-order valence-electron chi connectivity index (χ4n) is 2.35. The Bertz CT molecular complexity index is 647. The number of hydrogen-bond acceptors (Lipinski definition) is 3. The van der Waals surface area contributed by atoms with E-state index in [2.05, 4.69) is 32.9 Å². The third-order valence-corrected chi connectivity index (χ3v) is 4.60. The Kier molecular flexibility index (Phi) is 6.13. The monoisotopic (exact) mass is 327 g/mol. The zero-order valence-corrected chi connectivity index (χ0v) is 15.3. The molecular weight excluding hydrogens is 298 g/mol. The van der Waals surface area contributed by atoms with E-state index in [4.69, 9.17) is 15.2 Å². The van der Waals surface area contributed by atoms with Crippen LogP contribution < -0.4 is 15.2 Å². The minimum Gasteiger partial charge on any atom is -0.493 e. The van der Waals surface area contributed by atoms with Gasteiger partial charge in [0.2, 0.25) is 0 Å². The van der Waals surface area contributed by atoms with Gasteiger partial charge in [0.1, 0.15) is 11.5 Å². The van der Waals surface area contributed by atoms with Gasteiger partial charge >= 0.3 is 0 Å². The van der Waals surface area contributed by atoms with Gasteiger partial charge in [-0.3, -0.25) is 0 Å². The van der Waals surface area contributed by atoms with Crippen LogP contribution in [-0.2, 0) is 5.41 Å². The summed E-state index contributed by atoms with van der Waals surface area (Å²) in [7, 11) is 0. The van der Waals surface area contributed by atoms with Gasteiger partial charge in [0.15, 0.2) is 0 Å². The molecule has 0 fully saturated rings. The van der Waals surface area contributed by atoms with Gasteiger partial charge in [0.25, 0.3) is 0 Å². The number of hydrogen-bond donors (Lipinski definition) is 1. The molecule has 3 heteroatoms. The number of aryl methyl sites for hydroxylation is 1. The number of ether oxygens (including phenoxy) is 2. The number of benzene rings is 2. The van der Waals surface area contributed by atoms with Crippen LogP contribution >= 0.6 is 0 Å². The largest absolute Gasteiger partial charge is 0.493 e. The molecule has 0 radical (unpaired) electrons. The Morgan fingerprint density at radius 3 is 2.08 bits per heavy atom. The van der Waals surface area contributed by atoms with Crippen molar-refractivity contribution in [3.63, 3.8) is 0 Å². The second kappa shape index (κ2) is 8.09. The fraction of sp³-hybridized carbons (Fsp3) is 0.429. The second-order valence-corrected chi connectivity index (χ2v) is 6.83. The molecule has 0 bridgehead atoms. The number of nitrogen functional groups attached to an aromatic ring is 1. The molecule has 0 saturated heterocycles. The fourth-order valence-corrected chi connectivity index (χ4v) is 2.35. The highest BCUT2D eigenvalue weighted by Crippen LogP contribution is 2.28. The number of nitrogens with two attached hydrogens (primary N) is 1. The van der Waals surface area contributed by atoms with E-state index >= 15 is 0 Å². The average molecular weight is 327 g/mol. The lowest BCUT2D eigenvalue weighted by Crippen LogP contribution is -2.15. The third-order valence-electron chi connectivity index (χ3n) is 4.60. The summed E-state index contributed by atoms with van der Waals surface area (Å²) in [6, 6.07) is 14.2. The van der Waals surface area contributed by atoms with Crippen LogP contribution in [0.25, 0.3) is 0 Å². The van der Waals surface area contributed by atoms with Crippen molar-refractivity contribution in [1.29, 1.82) is 0 Å². The van der Waals surface area contributed by atoms with Gasteiger partial charge in [-0.25, -0.2) is 0 Å². The molecule has 0 heterocycles. The van der Waals surface area contributed by atoms with Gasteiger partial charge in [-0.15, -0.1) is 0 Å². The summed E-state index contributed by atoms with van der Waals surface area (Å²) in [5, 5.41) is 0. The predicted octanol–water partition coefficient (Wildman–Crippen LogP) is 5.11. The lowest BCUT2D eigenvalue weighted by molar-refractivity contribution is 0.247. The maximum Gasteiger partial charge on any atom is 0.121 e. The summed E-state index contributed by atoms with van der Waals surface area (Å²) < 4.78 is 11.5. The summed E-state index contributed by atoms with van der Waals surface area (Å²) in [4.78, 5) is 0. The first kappa shape index (κ1) is 18.2. The lowest BCUT2D eigenvalue weighted by atomic mass is 9.82. The first-order chi connectivity index (χ1) is 11.4. The Balaban J connectivity index is 1.73. The molecule has 0 amide bonds. The van der Waals surface area contributed by atoms with Gasteiger partial charge in [0, 0.05) is 18.2 Å². The van der Waals surface area contributed by atoms with Crippen LogP contribution in [0.2, 0.25) is 0 Å². The van der Waals surface area contributed by atoms with Crippen molar-refractivity contribution in [1.82, 2.24) is 0 Å². The van der Waals surface area contributed by atoms with E-state index in [1.54, 1.807) is 0 Å². The van der Waals surface area contributed by atoms with Crippen molar-refractivity contribution in [3.05, 3.63) is 53.6 Å². The molecule has 2 N–H and O–H groups in total. The van der Waals surface area contributed by atoms with E-state index in [1.807, 2.05) is 37.3 Å². The molecule has 130 valence electrons. The smallest absolute Gasteiger partial charge is 0.121 e. The minimum atomic E-state index is 0.211. The van der Waals surface area contributed by atoms with Crippen LogP contribution in [0.15, 0.2) is 42.5 Å². The van der Waals surface area contributed by atoms with E-state index < -0.39 is 0 Å². The SMILES string of the molecule is CCC(C)(C)c1ccc(OCCCOc2ccc(C)c(N)c2)cc1. The molecule has 0 spiro atoms. The quantitative estimate of drug-likeness (QED) is 0.541. The average Bonchev–Trinajstić information content (AvgIpc) is 2.58. The summed E-state index contributed by atoms with van der Waals surface area (Å²) in [5.74, 6) is 1.72. The van der Waals surface area contributed by atoms with E-state index in [-0.39, 0.29) is 5.41 Å². The van der Waals surface area contributed by atoms with E-state index in [0.717, 1.165) is 35.6 Å². The summed E-state index contributed by atoms with van der Waals surface area (Å²) in [6.45, 7) is 9.98. The predicted molar refractivity (Wildman–Crippen MR) is 101 cm³/mol. The molecule has 0 saturated carbocycles. The van der Waals surface area contributed by atoms with Gasteiger partial charge < -0.3 is 15.2 Å². The first-order valence-electron chi connectivity index (χ1n) is 8.64. The maximum atomic E-state index is 5.88. The van der Waals surface area contributed by atoms with Crippen molar-refractivity contribution in [2.45, 2.75) is 46.0 Å². The van der Waals surface area contributed by atoms with Crippen molar-refractivity contribution in [3.8, 4) is 11.5 Å². The van der Waals surface area contributed by atoms with E-state index in [9.17, 15) is 0 Å². The van der Waals surface area contributed by atoms with Crippen LogP contribution in [0.3, 0.4) is 0 Å². The standard InChI is InChI=1S/C21H29NO2/c1-5-21(3,4)17-8-11-18(12-9-17)23-13-6-14-24-19-10-7-16(2)20(22)15-19/h7-12,15H,5-6,13-14,22H2,1-4H3. The van der Waals surface area contributed by atoms with E-state index in [1.165, 1.54) is 5.56 Å². The van der Waals surface area contributed by atoms with E-state index in [0.29, 0.717) is 13.2 Å². The highest BCUT2D eigenvalue weighted by Gasteiger charge is 2.17. The molecule has 24 heavy (non-hydrogen) atoms. The minimum absolute atomic E-state index is 0.211. The maximum absolute atomic E-state index is 5.88. The molecule has 2 rings (SSSR count). The Morgan fingerprint density at radius 2 is 1.50 bits per heavy atom. The summed E-state index contributed by atoms with van der Waals surface area (Å²) in [5.41, 5.74) is 9.26. The topological polar surface area (TPSA) is 44.5 Å². The molecular formula is C21H29NO2. The highest BCUT2D eigenvalue weighted by atomic mass is 16.5. The van der Waals surface area contributed by atoms with Crippen molar-refractivity contribution < 1.29 is 9.47 Å². The lowest BCUT2D eigenvalue weighted by Gasteiger charge is -2.23. The Hall–Kier alpha value is -2.16. The van der Waals surface area contributed by atoms with Crippen LogP contribution in [0.4, 0.5) is 5.69 Å². The van der Waals surface area contributed by atoms with Crippen LogP contribution in [0.5, 0.6) is 11.5 Å². The number of anilines is 1. The molecule has 0 aliphatic heterocycles. The first-order valence-corrected chi connectivity index (χ1v) is 8.64. The zero-order valence-electron chi connectivity index (χ0n) is 15.3. The highest BCUT2D eigenvalue weighted by molar-refractivity contribution is 5.50. The molecule has 2 aromatic carbocycles. The molecule has 0 atom stereocenters. The molecule has 3 nitrogen and oxygen atoms in total. The van der Waals surface area contributed by atoms with Crippen molar-refractivity contribution >= 4 is 5.69 Å². The Labute approximate surface area is 145 Å². The van der Waals surface area contributed by atoms with Gasteiger partial charge in [0.05, 0.1) is 13.2 Å². The molecule has 0 aromatic heterocycles. The van der Waals surface area contributed by atoms with Gasteiger partial charge in [-0.2, -0.15) is 0 Å². The van der Waals surface area contributed by atoms with Crippen molar-refractivity contribution in [2.24, 2.45) is 0 Å². The normalized spacial score (nSPS) is 11.3. The van der Waals surface area contributed by atoms with Crippen molar-refractivity contribution in [2.75, 3.05) is 18.9 Å². The number of rotatable bonds is 8. The third kappa shape index (κ3) is 4.92. The molecule has 2 aromatic rings. The molecule has 0 aliphatic carbocycles. The zero-order chi connectivity index (χ0) is 17.6. The van der Waals surface area contributed by atoms with Crippen LogP contribution in [0.1, 0.15) is 44.7 Å². The Morgan fingerprint density at radius 1 is 0.917 bits per heavy atom. The summed E-state index contributed by atoms with van der Waals surface area (Å²) in [6.07, 6.45) is 1.95. The van der Waals surface area contributed by atoms with Crippen LogP contribution in [0, 0.1) is 6.92 Å². The summed E-state index contributed by atoms with van der Waals surface area (Å²) >= 11 is 0. The molecule has 0 aliphatic rings. The van der Waals surface area contributed by atoms with Crippen LogP contribution in [-0.4, -0.2) is 13.2 Å².